The van der Waals surface area contributed by atoms with Crippen molar-refractivity contribution in [2.45, 2.75) is 190 Å². The first-order valence-electron chi connectivity index (χ1n) is 22.0. The van der Waals surface area contributed by atoms with E-state index in [0.717, 1.165) is 195 Å². The van der Waals surface area contributed by atoms with Crippen LogP contribution in [0.1, 0.15) is 190 Å². The molecule has 4 nitrogen and oxygen atoms in total. The average Bonchev–Trinajstić information content (AvgIpc) is 3.14. The van der Waals surface area contributed by atoms with E-state index in [1.165, 1.54) is 5.57 Å². The van der Waals surface area contributed by atoms with Gasteiger partial charge in [0, 0.05) is 0 Å². The molecule has 0 heterocycles. The molecule has 0 N–H and O–H groups in total. The van der Waals surface area contributed by atoms with Crippen molar-refractivity contribution < 1.29 is 18.6 Å². The van der Waals surface area contributed by atoms with Crippen LogP contribution in [0.4, 0.5) is 0 Å². The Morgan fingerprint density at radius 2 is 0.920 bits per heavy atom. The Labute approximate surface area is 311 Å². The van der Waals surface area contributed by atoms with Crippen LogP contribution in [0, 0.1) is 5.92 Å². The molecule has 1 atom stereocenters. The molecular weight excluding hydrogens is 654 g/mol. The molecule has 0 spiro atoms. The molecule has 50 heavy (non-hydrogen) atoms. The zero-order valence-corrected chi connectivity index (χ0v) is 36.5. The van der Waals surface area contributed by atoms with Crippen molar-refractivity contribution in [2.24, 2.45) is 5.92 Å². The summed E-state index contributed by atoms with van der Waals surface area (Å²) in [5.74, 6) is -0.434. The van der Waals surface area contributed by atoms with E-state index in [4.69, 9.17) is 9.05 Å². The van der Waals surface area contributed by atoms with Crippen molar-refractivity contribution in [3.63, 3.8) is 0 Å². The van der Waals surface area contributed by atoms with Crippen LogP contribution in [0.15, 0.2) is 22.8 Å². The molecule has 0 aromatic heterocycles. The molecule has 2 aliphatic rings. The standard InChI is InChI=1S/C44H84O4P2/c1-9-17-31-49(32-18-10-2,33-19-11-3,34-20-12-4)47-43(45)40-29-25-27-39-28-26-30-41(42(39)40)44(46)48-50(35-21-13-5,36-22-14-6,37-23-15-7)38-24-16-8/h29,41H,9-28,30-38H2,1-8H3. The average molecular weight is 739 g/mol. The Morgan fingerprint density at radius 3 is 1.28 bits per heavy atom. The van der Waals surface area contributed by atoms with Gasteiger partial charge >= 0.3 is 312 Å². The summed E-state index contributed by atoms with van der Waals surface area (Å²) in [5, 5.41) is 0. The minimum absolute atomic E-state index is 0.00120. The van der Waals surface area contributed by atoms with Crippen molar-refractivity contribution >= 4 is 25.6 Å². The predicted octanol–water partition coefficient (Wildman–Crippen LogP) is 14.2. The van der Waals surface area contributed by atoms with Gasteiger partial charge in [-0.25, -0.2) is 0 Å². The van der Waals surface area contributed by atoms with E-state index in [9.17, 15) is 4.79 Å². The van der Waals surface area contributed by atoms with Gasteiger partial charge in [-0.05, 0) is 0 Å². The van der Waals surface area contributed by atoms with Crippen molar-refractivity contribution in [3.05, 3.63) is 22.8 Å². The molecule has 0 aliphatic heterocycles. The monoisotopic (exact) mass is 739 g/mol. The second-order valence-electron chi connectivity index (χ2n) is 16.7. The quantitative estimate of drug-likeness (QED) is 0.0750. The molecule has 0 aromatic rings. The van der Waals surface area contributed by atoms with Crippen LogP contribution in [-0.4, -0.2) is 61.2 Å². The minimum atomic E-state index is -2.83. The first kappa shape index (κ1) is 45.4. The van der Waals surface area contributed by atoms with Gasteiger partial charge in [0.1, 0.15) is 0 Å². The third-order valence-corrected chi connectivity index (χ3v) is 25.6. The number of allylic oxidation sites excluding steroid dienone is 2. The van der Waals surface area contributed by atoms with Crippen molar-refractivity contribution in [1.29, 1.82) is 0 Å². The van der Waals surface area contributed by atoms with Gasteiger partial charge in [-0.3, -0.25) is 0 Å². The van der Waals surface area contributed by atoms with E-state index in [-0.39, 0.29) is 17.9 Å². The molecule has 6 heteroatoms. The maximum absolute atomic E-state index is 15.0. The van der Waals surface area contributed by atoms with E-state index in [1.807, 2.05) is 0 Å². The Morgan fingerprint density at radius 1 is 0.560 bits per heavy atom. The number of carbonyl (C=O) groups excluding carboxylic acids is 2. The fraction of sp³-hybridized carbons (Fsp3) is 0.864. The van der Waals surface area contributed by atoms with Gasteiger partial charge in [0.25, 0.3) is 0 Å². The van der Waals surface area contributed by atoms with Crippen LogP contribution in [0.5, 0.6) is 0 Å². The Hall–Kier alpha value is -0.720. The van der Waals surface area contributed by atoms with Gasteiger partial charge in [-0.1, -0.05) is 0 Å². The third-order valence-electron chi connectivity index (χ3n) is 12.6. The SMILES string of the molecule is CCCCP(CCCC)(CCCC)(CCCC)OC(=O)C1=CCCC2=C1C(C(=O)OP(CCCC)(CCCC)(CCCC)CCCC)CCC2. The molecule has 294 valence electrons. The zero-order valence-electron chi connectivity index (χ0n) is 34.7. The summed E-state index contributed by atoms with van der Waals surface area (Å²) in [7, 11) is 0. The van der Waals surface area contributed by atoms with Crippen LogP contribution in [0.25, 0.3) is 0 Å². The Kier molecular flexibility index (Phi) is 20.4. The predicted molar refractivity (Wildman–Crippen MR) is 226 cm³/mol. The van der Waals surface area contributed by atoms with Crippen LogP contribution in [-0.2, 0) is 18.6 Å². The third kappa shape index (κ3) is 12.2. The summed E-state index contributed by atoms with van der Waals surface area (Å²) < 4.78 is 14.7. The molecule has 0 saturated carbocycles. The molecule has 0 saturated heterocycles. The first-order chi connectivity index (χ1) is 24.1. The second-order valence-corrected chi connectivity index (χ2v) is 28.1. The van der Waals surface area contributed by atoms with E-state index in [2.05, 4.69) is 61.5 Å². The molecule has 1 unspecified atom stereocenters. The van der Waals surface area contributed by atoms with E-state index in [0.29, 0.717) is 0 Å². The summed E-state index contributed by atoms with van der Waals surface area (Å²) in [6, 6.07) is 0. The molecule has 2 aliphatic carbocycles. The van der Waals surface area contributed by atoms with Crippen molar-refractivity contribution in [3.8, 4) is 0 Å². The van der Waals surface area contributed by atoms with Gasteiger partial charge in [0.2, 0.25) is 0 Å². The summed E-state index contributed by atoms with van der Waals surface area (Å²) >= 11 is 0. The molecule has 2 rings (SSSR count). The maximum atomic E-state index is 15.0. The van der Waals surface area contributed by atoms with Gasteiger partial charge in [0.15, 0.2) is 0 Å². The van der Waals surface area contributed by atoms with Crippen molar-refractivity contribution in [1.82, 2.24) is 0 Å². The fourth-order valence-electron chi connectivity index (χ4n) is 9.39. The summed E-state index contributed by atoms with van der Waals surface area (Å²) in [4.78, 5) is 30.0. The molecule has 0 radical (unpaired) electrons. The summed E-state index contributed by atoms with van der Waals surface area (Å²) in [6.07, 6.45) is 33.5. The van der Waals surface area contributed by atoms with Gasteiger partial charge in [-0.2, -0.15) is 0 Å². The van der Waals surface area contributed by atoms with Crippen LogP contribution >= 0.6 is 13.7 Å². The summed E-state index contributed by atoms with van der Waals surface area (Å²) in [5.41, 5.74) is 3.11. The van der Waals surface area contributed by atoms with E-state index in [1.54, 1.807) is 0 Å². The molecule has 0 bridgehead atoms. The van der Waals surface area contributed by atoms with Gasteiger partial charge in [-0.15, -0.1) is 0 Å². The zero-order chi connectivity index (χ0) is 37.0. The number of carbonyl (C=O) groups is 2. The molecule has 0 aromatic carbocycles. The normalized spacial score (nSPS) is 18.4. The molecule has 0 fully saturated rings. The Bertz CT molecular complexity index is 1000. The Balaban J connectivity index is 2.65. The number of hydrogen-bond acceptors (Lipinski definition) is 4. The topological polar surface area (TPSA) is 52.6 Å². The number of hydrogen-bond donors (Lipinski definition) is 0. The van der Waals surface area contributed by atoms with E-state index >= 15 is 4.79 Å². The van der Waals surface area contributed by atoms with Crippen molar-refractivity contribution in [2.75, 3.05) is 49.3 Å². The summed E-state index contributed by atoms with van der Waals surface area (Å²) in [6.45, 7) is 12.6. The van der Waals surface area contributed by atoms with Gasteiger partial charge < -0.3 is 0 Å². The fourth-order valence-corrected chi connectivity index (χ4v) is 22.9. The number of unbranched alkanes of at least 4 members (excludes halogenated alkanes) is 8. The molecular formula is C44H84O4P2. The van der Waals surface area contributed by atoms with Crippen LogP contribution < -0.4 is 0 Å². The van der Waals surface area contributed by atoms with E-state index < -0.39 is 13.7 Å². The second kappa shape index (κ2) is 22.5. The van der Waals surface area contributed by atoms with Crippen LogP contribution in [0.3, 0.4) is 0 Å². The number of rotatable bonds is 28. The first-order valence-corrected chi connectivity index (χ1v) is 27.8. The van der Waals surface area contributed by atoms with Gasteiger partial charge in [0.05, 0.1) is 0 Å². The molecule has 0 amide bonds. The van der Waals surface area contributed by atoms with Crippen LogP contribution in [0.2, 0.25) is 0 Å².